The van der Waals surface area contributed by atoms with Crippen molar-refractivity contribution in [3.05, 3.63) is 56.7 Å². The van der Waals surface area contributed by atoms with E-state index in [-0.39, 0.29) is 8.98 Å². The van der Waals surface area contributed by atoms with Gasteiger partial charge in [-0.15, -0.1) is 0 Å². The monoisotopic (exact) mass is 539 g/mol. The Morgan fingerprint density at radius 2 is 1.58 bits per heavy atom. The van der Waals surface area contributed by atoms with Crippen molar-refractivity contribution in [1.82, 2.24) is 5.48 Å². The number of rotatable bonds is 18. The van der Waals surface area contributed by atoms with E-state index >= 15 is 0 Å². The summed E-state index contributed by atoms with van der Waals surface area (Å²) in [5.41, 5.74) is 4.84. The van der Waals surface area contributed by atoms with E-state index in [1.165, 1.54) is 0 Å². The molecule has 0 aliphatic rings. The molecule has 1 aromatic carbocycles. The maximum atomic E-state index is 6.08. The van der Waals surface area contributed by atoms with Crippen molar-refractivity contribution >= 4 is 46.4 Å². The number of hydroxylamine groups is 1. The molecule has 33 heavy (non-hydrogen) atoms. The highest BCUT2D eigenvalue weighted by atomic mass is 35.5. The van der Waals surface area contributed by atoms with E-state index in [2.05, 4.69) is 12.4 Å². The van der Waals surface area contributed by atoms with Crippen LogP contribution >= 0.6 is 46.4 Å². The Bertz CT molecular complexity index is 761. The topological polar surface area (TPSA) is 49.0 Å². The molecule has 0 heterocycles. The molecule has 0 aromatic heterocycles. The summed E-state index contributed by atoms with van der Waals surface area (Å²) in [7, 11) is 0. The fraction of sp³-hybridized carbons (Fsp3) is 0.500. The fourth-order valence-corrected chi connectivity index (χ4v) is 3.10. The minimum atomic E-state index is 0.180. The standard InChI is InChI=1S/C24H33Cl4NO4/c1-3-20-18-21(31-15-9-22(25)26)17-19(2)24(20)32-14-7-5-4-6-12-30-13-8-11-29-33-16-10-23(27)28/h8-11,17-18,29H,3-7,12-16H2,1-2H3. The second-order valence-electron chi connectivity index (χ2n) is 7.05. The molecule has 0 fully saturated rings. The molecule has 1 rings (SSSR count). The Labute approximate surface area is 217 Å². The lowest BCUT2D eigenvalue weighted by atomic mass is 10.1. The summed E-state index contributed by atoms with van der Waals surface area (Å²) in [4.78, 5) is 5.04. The zero-order valence-electron chi connectivity index (χ0n) is 19.2. The van der Waals surface area contributed by atoms with E-state index < -0.39 is 0 Å². The molecule has 186 valence electrons. The number of halogens is 4. The first-order valence-electron chi connectivity index (χ1n) is 11.0. The number of unbranched alkanes of at least 4 members (excludes halogenated alkanes) is 3. The molecule has 1 N–H and O–H groups in total. The van der Waals surface area contributed by atoms with Crippen LogP contribution in [0.1, 0.15) is 43.7 Å². The van der Waals surface area contributed by atoms with Crippen molar-refractivity contribution in [3.63, 3.8) is 0 Å². The van der Waals surface area contributed by atoms with Crippen molar-refractivity contribution in [3.8, 4) is 11.5 Å². The Morgan fingerprint density at radius 3 is 2.27 bits per heavy atom. The molecule has 0 saturated heterocycles. The lowest BCUT2D eigenvalue weighted by molar-refractivity contribution is 0.0939. The maximum Gasteiger partial charge on any atom is 0.125 e. The summed E-state index contributed by atoms with van der Waals surface area (Å²) in [6, 6.07) is 3.99. The van der Waals surface area contributed by atoms with Crippen LogP contribution in [0.2, 0.25) is 0 Å². The second-order valence-corrected chi connectivity index (χ2v) is 9.07. The minimum absolute atomic E-state index is 0.180. The Kier molecular flexibility index (Phi) is 17.5. The van der Waals surface area contributed by atoms with Crippen LogP contribution in [0.3, 0.4) is 0 Å². The Morgan fingerprint density at radius 1 is 0.879 bits per heavy atom. The summed E-state index contributed by atoms with van der Waals surface area (Å²) >= 11 is 22.2. The number of nitrogens with one attached hydrogen (secondary N) is 1. The van der Waals surface area contributed by atoms with Gasteiger partial charge in [-0.2, -0.15) is 0 Å². The van der Waals surface area contributed by atoms with Crippen LogP contribution < -0.4 is 15.0 Å². The first-order valence-corrected chi connectivity index (χ1v) is 12.5. The highest BCUT2D eigenvalue weighted by molar-refractivity contribution is 6.56. The van der Waals surface area contributed by atoms with Gasteiger partial charge in [-0.05, 0) is 74.1 Å². The number of hydrogen-bond donors (Lipinski definition) is 1. The third-order valence-corrected chi connectivity index (χ3v) is 5.04. The molecular formula is C24H33Cl4NO4. The zero-order valence-corrected chi connectivity index (χ0v) is 22.2. The molecule has 9 heteroatoms. The van der Waals surface area contributed by atoms with Gasteiger partial charge in [-0.3, -0.25) is 10.3 Å². The van der Waals surface area contributed by atoms with Crippen LogP contribution in [0.25, 0.3) is 0 Å². The van der Waals surface area contributed by atoms with Gasteiger partial charge in [0.2, 0.25) is 0 Å². The van der Waals surface area contributed by atoms with Crippen molar-refractivity contribution in [2.45, 2.75) is 46.0 Å². The first-order chi connectivity index (χ1) is 15.9. The Balaban J connectivity index is 2.15. The van der Waals surface area contributed by atoms with Crippen LogP contribution in [0.5, 0.6) is 11.5 Å². The smallest absolute Gasteiger partial charge is 0.125 e. The van der Waals surface area contributed by atoms with Gasteiger partial charge >= 0.3 is 0 Å². The average molecular weight is 541 g/mol. The average Bonchev–Trinajstić information content (AvgIpc) is 2.76. The maximum absolute atomic E-state index is 6.08. The van der Waals surface area contributed by atoms with Crippen LogP contribution in [0.4, 0.5) is 0 Å². The molecule has 0 spiro atoms. The van der Waals surface area contributed by atoms with Crippen LogP contribution in [0.15, 0.2) is 45.5 Å². The van der Waals surface area contributed by atoms with E-state index in [9.17, 15) is 0 Å². The van der Waals surface area contributed by atoms with Crippen molar-refractivity contribution in [1.29, 1.82) is 0 Å². The lowest BCUT2D eigenvalue weighted by Gasteiger charge is -2.15. The summed E-state index contributed by atoms with van der Waals surface area (Å²) in [6.07, 6.45) is 11.8. The van der Waals surface area contributed by atoms with E-state index in [1.54, 1.807) is 18.4 Å². The molecule has 0 aliphatic heterocycles. The molecule has 5 nitrogen and oxygen atoms in total. The van der Waals surface area contributed by atoms with Gasteiger partial charge in [-0.1, -0.05) is 59.7 Å². The summed E-state index contributed by atoms with van der Waals surface area (Å²) in [5, 5.41) is 0. The minimum Gasteiger partial charge on any atom is -0.493 e. The van der Waals surface area contributed by atoms with Gasteiger partial charge in [0.15, 0.2) is 0 Å². The van der Waals surface area contributed by atoms with Gasteiger partial charge in [0.05, 0.1) is 19.8 Å². The van der Waals surface area contributed by atoms with E-state index in [1.807, 2.05) is 25.1 Å². The second kappa shape index (κ2) is 19.2. The SMILES string of the molecule is CCc1cc(OCC=C(Cl)Cl)cc(C)c1OCCCCCCOCC=CNOCC=C(Cl)Cl. The summed E-state index contributed by atoms with van der Waals surface area (Å²) < 4.78 is 17.7. The van der Waals surface area contributed by atoms with Gasteiger partial charge in [0, 0.05) is 12.8 Å². The molecule has 0 atom stereocenters. The molecule has 1 aromatic rings. The molecule has 0 saturated carbocycles. The quantitative estimate of drug-likeness (QED) is 0.154. The molecule has 0 radical (unpaired) electrons. The normalized spacial score (nSPS) is 10.8. The number of aryl methyl sites for hydroxylation is 2. The van der Waals surface area contributed by atoms with Gasteiger partial charge in [-0.25, -0.2) is 0 Å². The Hall–Kier alpha value is -1.08. The summed E-state index contributed by atoms with van der Waals surface area (Å²) in [5.74, 6) is 1.74. The van der Waals surface area contributed by atoms with E-state index in [4.69, 9.17) is 65.5 Å². The molecule has 0 bridgehead atoms. The van der Waals surface area contributed by atoms with Crippen LogP contribution in [-0.2, 0) is 16.0 Å². The highest BCUT2D eigenvalue weighted by Crippen LogP contribution is 2.30. The first kappa shape index (κ1) is 30.0. The van der Waals surface area contributed by atoms with Crippen LogP contribution in [-0.4, -0.2) is 33.0 Å². The van der Waals surface area contributed by atoms with Gasteiger partial charge in [0.25, 0.3) is 0 Å². The zero-order chi connectivity index (χ0) is 24.3. The van der Waals surface area contributed by atoms with Crippen molar-refractivity contribution in [2.75, 3.05) is 33.0 Å². The highest BCUT2D eigenvalue weighted by Gasteiger charge is 2.09. The predicted molar refractivity (Wildman–Crippen MR) is 139 cm³/mol. The third kappa shape index (κ3) is 15.4. The summed E-state index contributed by atoms with van der Waals surface area (Å²) in [6.45, 7) is 6.71. The van der Waals surface area contributed by atoms with Crippen LogP contribution in [0, 0.1) is 6.92 Å². The number of ether oxygens (including phenoxy) is 3. The number of benzene rings is 1. The third-order valence-electron chi connectivity index (χ3n) is 4.43. The van der Waals surface area contributed by atoms with Crippen molar-refractivity contribution < 1.29 is 19.0 Å². The molecule has 0 amide bonds. The van der Waals surface area contributed by atoms with Gasteiger partial charge < -0.3 is 14.2 Å². The predicted octanol–water partition coefficient (Wildman–Crippen LogP) is 7.56. The molecule has 0 aliphatic carbocycles. The molecule has 0 unspecified atom stereocenters. The van der Waals surface area contributed by atoms with Crippen molar-refractivity contribution in [2.24, 2.45) is 0 Å². The number of hydrogen-bond acceptors (Lipinski definition) is 5. The van der Waals surface area contributed by atoms with Gasteiger partial charge in [0.1, 0.15) is 27.1 Å². The molecular weight excluding hydrogens is 508 g/mol. The van der Waals surface area contributed by atoms with E-state index in [0.29, 0.717) is 26.4 Å². The lowest BCUT2D eigenvalue weighted by Crippen LogP contribution is -2.06. The fourth-order valence-electron chi connectivity index (χ4n) is 2.85. The van der Waals surface area contributed by atoms with E-state index in [0.717, 1.165) is 61.3 Å². The largest absolute Gasteiger partial charge is 0.493 e.